The SMILES string of the molecule is CCCCN1N[C@](C)(CCc2ccccc2)NC1=S. The van der Waals surface area contributed by atoms with Gasteiger partial charge in [-0.15, -0.1) is 0 Å². The maximum absolute atomic E-state index is 5.39. The standard InChI is InChI=1S/C15H23N3S/c1-3-4-12-18-14(19)16-15(2,17-18)11-10-13-8-6-5-7-9-13/h5-9,17H,3-4,10-12H2,1-2H3,(H,16,19)/t15-/m1/s1. The van der Waals surface area contributed by atoms with Crippen molar-refractivity contribution >= 4 is 17.3 Å². The van der Waals surface area contributed by atoms with Gasteiger partial charge in [0.05, 0.1) is 0 Å². The minimum atomic E-state index is -0.124. The van der Waals surface area contributed by atoms with Crippen LogP contribution in [0.5, 0.6) is 0 Å². The van der Waals surface area contributed by atoms with Gasteiger partial charge in [0.15, 0.2) is 5.11 Å². The second-order valence-corrected chi connectivity index (χ2v) is 5.75. The van der Waals surface area contributed by atoms with E-state index in [0.717, 1.165) is 30.9 Å². The lowest BCUT2D eigenvalue weighted by molar-refractivity contribution is 0.220. The van der Waals surface area contributed by atoms with E-state index in [4.69, 9.17) is 12.2 Å². The zero-order valence-corrected chi connectivity index (χ0v) is 12.6. The summed E-state index contributed by atoms with van der Waals surface area (Å²) >= 11 is 5.39. The molecule has 0 amide bonds. The van der Waals surface area contributed by atoms with Crippen molar-refractivity contribution < 1.29 is 0 Å². The molecule has 2 rings (SSSR count). The third-order valence-electron chi connectivity index (χ3n) is 3.50. The Hall–Kier alpha value is -1.13. The predicted octanol–water partition coefficient (Wildman–Crippen LogP) is 2.83. The molecule has 0 aliphatic carbocycles. The second kappa shape index (κ2) is 6.35. The molecular formula is C15H23N3S. The molecule has 0 spiro atoms. The molecular weight excluding hydrogens is 254 g/mol. The predicted molar refractivity (Wildman–Crippen MR) is 83.7 cm³/mol. The summed E-state index contributed by atoms with van der Waals surface area (Å²) in [7, 11) is 0. The number of thiocarbonyl (C=S) groups is 1. The molecule has 19 heavy (non-hydrogen) atoms. The topological polar surface area (TPSA) is 27.3 Å². The summed E-state index contributed by atoms with van der Waals surface area (Å²) in [6.45, 7) is 5.35. The number of nitrogens with zero attached hydrogens (tertiary/aromatic N) is 1. The largest absolute Gasteiger partial charge is 0.342 e. The Labute approximate surface area is 121 Å². The first-order chi connectivity index (χ1) is 9.13. The monoisotopic (exact) mass is 277 g/mol. The van der Waals surface area contributed by atoms with E-state index in [9.17, 15) is 0 Å². The number of hydrazine groups is 1. The molecule has 1 aromatic carbocycles. The lowest BCUT2D eigenvalue weighted by Gasteiger charge is -2.25. The van der Waals surface area contributed by atoms with E-state index < -0.39 is 0 Å². The maximum atomic E-state index is 5.39. The van der Waals surface area contributed by atoms with Crippen molar-refractivity contribution in [2.45, 2.75) is 45.2 Å². The molecule has 1 heterocycles. The molecule has 0 radical (unpaired) electrons. The van der Waals surface area contributed by atoms with Crippen LogP contribution in [0.4, 0.5) is 0 Å². The van der Waals surface area contributed by atoms with E-state index in [1.54, 1.807) is 0 Å². The smallest absolute Gasteiger partial charge is 0.185 e. The molecule has 0 aromatic heterocycles. The summed E-state index contributed by atoms with van der Waals surface area (Å²) in [4.78, 5) is 0. The van der Waals surface area contributed by atoms with Crippen LogP contribution in [-0.2, 0) is 6.42 Å². The normalized spacial score (nSPS) is 22.6. The van der Waals surface area contributed by atoms with Crippen molar-refractivity contribution in [3.63, 3.8) is 0 Å². The third kappa shape index (κ3) is 3.91. The van der Waals surface area contributed by atoms with E-state index in [2.05, 4.69) is 59.9 Å². The fraction of sp³-hybridized carbons (Fsp3) is 0.533. The zero-order valence-electron chi connectivity index (χ0n) is 11.8. The Morgan fingerprint density at radius 2 is 2.00 bits per heavy atom. The van der Waals surface area contributed by atoms with E-state index in [-0.39, 0.29) is 5.66 Å². The molecule has 3 nitrogen and oxygen atoms in total. The van der Waals surface area contributed by atoms with Crippen molar-refractivity contribution in [3.05, 3.63) is 35.9 Å². The van der Waals surface area contributed by atoms with Gasteiger partial charge in [0.1, 0.15) is 5.66 Å². The number of rotatable bonds is 6. The number of aryl methyl sites for hydroxylation is 1. The summed E-state index contributed by atoms with van der Waals surface area (Å²) in [5.41, 5.74) is 4.74. The Kier molecular flexibility index (Phi) is 4.77. The van der Waals surface area contributed by atoms with Gasteiger partial charge >= 0.3 is 0 Å². The van der Waals surface area contributed by atoms with Crippen LogP contribution in [0.25, 0.3) is 0 Å². The van der Waals surface area contributed by atoms with E-state index in [1.165, 1.54) is 12.0 Å². The first-order valence-electron chi connectivity index (χ1n) is 7.04. The van der Waals surface area contributed by atoms with Crippen LogP contribution in [0.3, 0.4) is 0 Å². The number of unbranched alkanes of at least 4 members (excludes halogenated alkanes) is 1. The van der Waals surface area contributed by atoms with Crippen molar-refractivity contribution in [3.8, 4) is 0 Å². The molecule has 1 aromatic rings. The number of hydrogen-bond donors (Lipinski definition) is 2. The Bertz CT molecular complexity index is 421. The number of benzene rings is 1. The summed E-state index contributed by atoms with van der Waals surface area (Å²) < 4.78 is 0. The van der Waals surface area contributed by atoms with Gasteiger partial charge in [0, 0.05) is 6.54 Å². The molecule has 0 saturated carbocycles. The molecule has 1 atom stereocenters. The number of hydrogen-bond acceptors (Lipinski definition) is 2. The summed E-state index contributed by atoms with van der Waals surface area (Å²) in [5.74, 6) is 0. The van der Waals surface area contributed by atoms with Crippen LogP contribution >= 0.6 is 12.2 Å². The van der Waals surface area contributed by atoms with Gasteiger partial charge in [0.25, 0.3) is 0 Å². The molecule has 1 fully saturated rings. The highest BCUT2D eigenvalue weighted by atomic mass is 32.1. The molecule has 104 valence electrons. The van der Waals surface area contributed by atoms with Gasteiger partial charge in [-0.2, -0.15) is 0 Å². The average Bonchev–Trinajstić information content (AvgIpc) is 2.71. The van der Waals surface area contributed by atoms with Crippen LogP contribution in [-0.4, -0.2) is 22.3 Å². The van der Waals surface area contributed by atoms with Crippen LogP contribution in [0.15, 0.2) is 30.3 Å². The zero-order chi connectivity index (χ0) is 13.7. The molecule has 1 saturated heterocycles. The van der Waals surface area contributed by atoms with Crippen LogP contribution in [0.2, 0.25) is 0 Å². The van der Waals surface area contributed by atoms with E-state index in [0.29, 0.717) is 0 Å². The fourth-order valence-corrected chi connectivity index (χ4v) is 2.67. The molecule has 0 unspecified atom stereocenters. The van der Waals surface area contributed by atoms with Crippen LogP contribution in [0.1, 0.15) is 38.7 Å². The minimum absolute atomic E-state index is 0.124. The van der Waals surface area contributed by atoms with Crippen LogP contribution in [0, 0.1) is 0 Å². The molecule has 2 N–H and O–H groups in total. The van der Waals surface area contributed by atoms with Gasteiger partial charge in [-0.1, -0.05) is 43.7 Å². The minimum Gasteiger partial charge on any atom is -0.342 e. The lowest BCUT2D eigenvalue weighted by atomic mass is 10.0. The van der Waals surface area contributed by atoms with Crippen molar-refractivity contribution in [2.24, 2.45) is 0 Å². The Morgan fingerprint density at radius 1 is 1.26 bits per heavy atom. The van der Waals surface area contributed by atoms with Crippen molar-refractivity contribution in [1.29, 1.82) is 0 Å². The number of nitrogens with one attached hydrogen (secondary N) is 2. The second-order valence-electron chi connectivity index (χ2n) is 5.36. The van der Waals surface area contributed by atoms with Gasteiger partial charge in [-0.05, 0) is 44.0 Å². The van der Waals surface area contributed by atoms with E-state index >= 15 is 0 Å². The molecule has 0 bridgehead atoms. The van der Waals surface area contributed by atoms with Crippen molar-refractivity contribution in [2.75, 3.05) is 6.54 Å². The van der Waals surface area contributed by atoms with Crippen LogP contribution < -0.4 is 10.7 Å². The highest BCUT2D eigenvalue weighted by Gasteiger charge is 2.34. The molecule has 1 aliphatic heterocycles. The molecule has 1 aliphatic rings. The highest BCUT2D eigenvalue weighted by Crippen LogP contribution is 2.17. The first-order valence-corrected chi connectivity index (χ1v) is 7.45. The maximum Gasteiger partial charge on any atom is 0.185 e. The quantitative estimate of drug-likeness (QED) is 0.782. The first kappa shape index (κ1) is 14.3. The van der Waals surface area contributed by atoms with Crippen molar-refractivity contribution in [1.82, 2.24) is 15.8 Å². The van der Waals surface area contributed by atoms with Gasteiger partial charge in [0.2, 0.25) is 0 Å². The molecule has 4 heteroatoms. The summed E-state index contributed by atoms with van der Waals surface area (Å²) in [5, 5.41) is 6.30. The highest BCUT2D eigenvalue weighted by molar-refractivity contribution is 7.80. The average molecular weight is 277 g/mol. The van der Waals surface area contributed by atoms with Gasteiger partial charge in [-0.25, -0.2) is 5.43 Å². The third-order valence-corrected chi connectivity index (χ3v) is 3.82. The van der Waals surface area contributed by atoms with Gasteiger partial charge < -0.3 is 5.32 Å². The summed E-state index contributed by atoms with van der Waals surface area (Å²) in [6, 6.07) is 10.6. The van der Waals surface area contributed by atoms with E-state index in [1.807, 2.05) is 0 Å². The Balaban J connectivity index is 1.88. The summed E-state index contributed by atoms with van der Waals surface area (Å²) in [6.07, 6.45) is 4.40. The Morgan fingerprint density at radius 3 is 2.68 bits per heavy atom. The van der Waals surface area contributed by atoms with Gasteiger partial charge in [-0.3, -0.25) is 5.01 Å². The fourth-order valence-electron chi connectivity index (χ4n) is 2.31. The lowest BCUT2D eigenvalue weighted by Crippen LogP contribution is -2.48.